The number of aryl methyl sites for hydroxylation is 1. The second-order valence-corrected chi connectivity index (χ2v) is 5.16. The topological polar surface area (TPSA) is 34.5 Å². The summed E-state index contributed by atoms with van der Waals surface area (Å²) in [6.45, 7) is 13.2. The maximum absolute atomic E-state index is 5.72. The Morgan fingerprint density at radius 1 is 1.47 bits per heavy atom. The van der Waals surface area contributed by atoms with E-state index in [2.05, 4.69) is 23.1 Å². The zero-order valence-electron chi connectivity index (χ0n) is 11.5. The van der Waals surface area contributed by atoms with Gasteiger partial charge in [0, 0.05) is 17.3 Å². The molecule has 1 aromatic rings. The first-order chi connectivity index (χ1) is 9.02. The molecule has 0 N–H and O–H groups in total. The second-order valence-electron chi connectivity index (χ2n) is 3.84. The third kappa shape index (κ3) is 5.57. The highest BCUT2D eigenvalue weighted by molar-refractivity contribution is 8.17. The van der Waals surface area contributed by atoms with E-state index >= 15 is 0 Å². The van der Waals surface area contributed by atoms with Crippen LogP contribution in [0.25, 0.3) is 0 Å². The van der Waals surface area contributed by atoms with E-state index in [9.17, 15) is 0 Å². The fraction of sp³-hybridized carbons (Fsp3) is 0.200. The lowest BCUT2D eigenvalue weighted by molar-refractivity contribution is 0.422. The molecule has 0 amide bonds. The van der Waals surface area contributed by atoms with Crippen LogP contribution < -0.4 is 4.74 Å². The quantitative estimate of drug-likeness (QED) is 0.343. The third-order valence-corrected chi connectivity index (χ3v) is 2.93. The van der Waals surface area contributed by atoms with Gasteiger partial charge >= 0.3 is 0 Å². The van der Waals surface area contributed by atoms with Crippen LogP contribution in [0.5, 0.6) is 5.75 Å². The van der Waals surface area contributed by atoms with Crippen molar-refractivity contribution >= 4 is 16.8 Å². The predicted molar refractivity (Wildman–Crippen MR) is 83.4 cm³/mol. The number of aromatic nitrogens is 1. The molecule has 1 aromatic heterocycles. The van der Waals surface area contributed by atoms with Crippen LogP contribution in [0.15, 0.2) is 59.4 Å². The molecule has 1 rings (SSSR count). The summed E-state index contributed by atoms with van der Waals surface area (Å²) in [7, 11) is 0. The van der Waals surface area contributed by atoms with Crippen molar-refractivity contribution in [1.82, 2.24) is 4.98 Å². The van der Waals surface area contributed by atoms with Gasteiger partial charge in [0.15, 0.2) is 0 Å². The molecule has 0 saturated heterocycles. The molecule has 0 aromatic carbocycles. The van der Waals surface area contributed by atoms with Crippen LogP contribution in [-0.2, 0) is 0 Å². The minimum absolute atomic E-state index is 0.755. The lowest BCUT2D eigenvalue weighted by Gasteiger charge is -2.08. The number of hydrogen-bond acceptors (Lipinski definition) is 4. The molecule has 3 nitrogen and oxygen atoms in total. The van der Waals surface area contributed by atoms with Crippen LogP contribution in [0.4, 0.5) is 0 Å². The van der Waals surface area contributed by atoms with Crippen LogP contribution in [-0.4, -0.2) is 10.0 Å². The number of rotatable bonds is 5. The standard InChI is InChI=1S/C15H18N2OS/c1-6-16-14(5)19-12(3)10-11(2)18-15-8-7-9-17-13(15)4/h6-10H,1,3H2,2,4-5H3/b11-10+,16-14?. The summed E-state index contributed by atoms with van der Waals surface area (Å²) >= 11 is 1.48. The minimum Gasteiger partial charge on any atom is -0.460 e. The molecule has 0 unspecified atom stereocenters. The Bertz CT molecular complexity index is 533. The molecule has 0 aliphatic carbocycles. The van der Waals surface area contributed by atoms with Gasteiger partial charge in [-0.1, -0.05) is 24.9 Å². The zero-order chi connectivity index (χ0) is 14.3. The maximum atomic E-state index is 5.72. The van der Waals surface area contributed by atoms with Gasteiger partial charge in [0.25, 0.3) is 0 Å². The predicted octanol–water partition coefficient (Wildman–Crippen LogP) is 4.48. The molecule has 100 valence electrons. The van der Waals surface area contributed by atoms with Crippen molar-refractivity contribution in [3.63, 3.8) is 0 Å². The molecule has 0 aliphatic heterocycles. The average Bonchev–Trinajstić information content (AvgIpc) is 2.31. The van der Waals surface area contributed by atoms with Gasteiger partial charge in [0.1, 0.15) is 11.5 Å². The smallest absolute Gasteiger partial charge is 0.148 e. The molecule has 0 fully saturated rings. The van der Waals surface area contributed by atoms with E-state index in [0.717, 1.165) is 27.2 Å². The fourth-order valence-corrected chi connectivity index (χ4v) is 2.11. The number of allylic oxidation sites excluding steroid dienone is 2. The van der Waals surface area contributed by atoms with Gasteiger partial charge < -0.3 is 4.74 Å². The van der Waals surface area contributed by atoms with Gasteiger partial charge in [0.05, 0.1) is 10.7 Å². The molecule has 0 bridgehead atoms. The Labute approximate surface area is 118 Å². The van der Waals surface area contributed by atoms with Crippen molar-refractivity contribution in [3.05, 3.63) is 60.1 Å². The van der Waals surface area contributed by atoms with Crippen LogP contribution in [0, 0.1) is 6.92 Å². The summed E-state index contributed by atoms with van der Waals surface area (Å²) in [5.41, 5.74) is 0.859. The van der Waals surface area contributed by atoms with Crippen molar-refractivity contribution in [2.75, 3.05) is 0 Å². The van der Waals surface area contributed by atoms with E-state index in [4.69, 9.17) is 4.74 Å². The summed E-state index contributed by atoms with van der Waals surface area (Å²) in [6.07, 6.45) is 5.13. The Balaban J connectivity index is 2.67. The lowest BCUT2D eigenvalue weighted by atomic mass is 10.3. The SMILES string of the molecule is C=CN=C(C)SC(=C)/C=C(\C)Oc1cccnc1C. The van der Waals surface area contributed by atoms with Crippen molar-refractivity contribution in [3.8, 4) is 5.75 Å². The molecular weight excluding hydrogens is 256 g/mol. The first-order valence-electron chi connectivity index (χ1n) is 5.82. The van der Waals surface area contributed by atoms with E-state index in [1.165, 1.54) is 18.0 Å². The number of pyridine rings is 1. The largest absolute Gasteiger partial charge is 0.460 e. The number of hydrogen-bond donors (Lipinski definition) is 0. The second kappa shape index (κ2) is 7.59. The molecule has 1 heterocycles. The van der Waals surface area contributed by atoms with E-state index in [-0.39, 0.29) is 0 Å². The van der Waals surface area contributed by atoms with Crippen LogP contribution in [0.1, 0.15) is 19.5 Å². The van der Waals surface area contributed by atoms with Crippen LogP contribution in [0.2, 0.25) is 0 Å². The maximum Gasteiger partial charge on any atom is 0.148 e. The van der Waals surface area contributed by atoms with Crippen molar-refractivity contribution < 1.29 is 4.74 Å². The highest BCUT2D eigenvalue weighted by Gasteiger charge is 2.02. The summed E-state index contributed by atoms with van der Waals surface area (Å²) in [6, 6.07) is 3.74. The number of aliphatic imine (C=N–C) groups is 1. The van der Waals surface area contributed by atoms with E-state index in [1.807, 2.05) is 39.0 Å². The lowest BCUT2D eigenvalue weighted by Crippen LogP contribution is -1.95. The van der Waals surface area contributed by atoms with Gasteiger partial charge in [0.2, 0.25) is 0 Å². The third-order valence-electron chi connectivity index (χ3n) is 2.15. The highest BCUT2D eigenvalue weighted by Crippen LogP contribution is 2.21. The summed E-state index contributed by atoms with van der Waals surface area (Å²) in [4.78, 5) is 9.11. The molecule has 4 heteroatoms. The summed E-state index contributed by atoms with van der Waals surface area (Å²) in [5.74, 6) is 1.52. The van der Waals surface area contributed by atoms with E-state index < -0.39 is 0 Å². The van der Waals surface area contributed by atoms with Crippen molar-refractivity contribution in [2.24, 2.45) is 4.99 Å². The summed E-state index contributed by atoms with van der Waals surface area (Å²) < 4.78 is 5.72. The molecule has 0 atom stereocenters. The van der Waals surface area contributed by atoms with E-state index in [0.29, 0.717) is 0 Å². The monoisotopic (exact) mass is 274 g/mol. The van der Waals surface area contributed by atoms with Crippen LogP contribution >= 0.6 is 11.8 Å². The summed E-state index contributed by atoms with van der Waals surface area (Å²) in [5, 5.41) is 0.890. The van der Waals surface area contributed by atoms with Crippen molar-refractivity contribution in [2.45, 2.75) is 20.8 Å². The molecule has 0 saturated carbocycles. The number of ether oxygens (including phenoxy) is 1. The average molecular weight is 274 g/mol. The van der Waals surface area contributed by atoms with Crippen LogP contribution in [0.3, 0.4) is 0 Å². The Hall–Kier alpha value is -1.81. The highest BCUT2D eigenvalue weighted by atomic mass is 32.2. The number of nitrogens with zero attached hydrogens (tertiary/aromatic N) is 2. The van der Waals surface area contributed by atoms with Gasteiger partial charge in [-0.3, -0.25) is 9.98 Å². The molecule has 0 radical (unpaired) electrons. The fourth-order valence-electron chi connectivity index (χ4n) is 1.38. The number of thioether (sulfide) groups is 1. The Kier molecular flexibility index (Phi) is 6.09. The first-order valence-corrected chi connectivity index (χ1v) is 6.64. The Morgan fingerprint density at radius 3 is 2.84 bits per heavy atom. The van der Waals surface area contributed by atoms with Crippen molar-refractivity contribution in [1.29, 1.82) is 0 Å². The van der Waals surface area contributed by atoms with Gasteiger partial charge in [-0.25, -0.2) is 0 Å². The normalized spacial score (nSPS) is 12.2. The molecule has 19 heavy (non-hydrogen) atoms. The molecule has 0 spiro atoms. The van der Waals surface area contributed by atoms with Gasteiger partial charge in [-0.2, -0.15) is 0 Å². The molecule has 0 aliphatic rings. The minimum atomic E-state index is 0.755. The zero-order valence-corrected chi connectivity index (χ0v) is 12.3. The Morgan fingerprint density at radius 2 is 2.21 bits per heavy atom. The first kappa shape index (κ1) is 15.2. The van der Waals surface area contributed by atoms with E-state index in [1.54, 1.807) is 6.20 Å². The molecular formula is C15H18N2OS. The van der Waals surface area contributed by atoms with Gasteiger partial charge in [-0.05, 0) is 39.0 Å². The van der Waals surface area contributed by atoms with Gasteiger partial charge in [-0.15, -0.1) is 0 Å².